The first-order chi connectivity index (χ1) is 9.39. The summed E-state index contributed by atoms with van der Waals surface area (Å²) < 4.78 is 1.43. The summed E-state index contributed by atoms with van der Waals surface area (Å²) >= 11 is 0. The van der Waals surface area contributed by atoms with Gasteiger partial charge in [0.15, 0.2) is 0 Å². The zero-order valence-corrected chi connectivity index (χ0v) is 11.0. The molecule has 1 aliphatic carbocycles. The molecule has 0 atom stereocenters. The zero-order valence-electron chi connectivity index (χ0n) is 11.0. The molecule has 1 amide bonds. The molecule has 2 N–H and O–H groups in total. The standard InChI is InChI=1S/C12H15N3O5/c1-2-14-7-8(15(19)20)6-9(14)10(16)13-12(11(17)18)4-3-5-12/h6-7H,2-5H2,1H3,(H,13,16)(H,17,18). The van der Waals surface area contributed by atoms with Gasteiger partial charge in [0, 0.05) is 12.6 Å². The fourth-order valence-electron chi connectivity index (χ4n) is 2.25. The third-order valence-electron chi connectivity index (χ3n) is 3.64. The zero-order chi connectivity index (χ0) is 14.9. The Bertz CT molecular complexity index is 574. The van der Waals surface area contributed by atoms with E-state index >= 15 is 0 Å². The summed E-state index contributed by atoms with van der Waals surface area (Å²) in [7, 11) is 0. The van der Waals surface area contributed by atoms with Crippen LogP contribution >= 0.6 is 0 Å². The van der Waals surface area contributed by atoms with Crippen LogP contribution in [-0.2, 0) is 11.3 Å². The highest BCUT2D eigenvalue weighted by Gasteiger charge is 2.46. The molecule has 1 aromatic rings. The lowest BCUT2D eigenvalue weighted by molar-refractivity contribution is -0.384. The lowest BCUT2D eigenvalue weighted by Crippen LogP contribution is -2.59. The summed E-state index contributed by atoms with van der Waals surface area (Å²) in [5, 5.41) is 22.4. The number of aryl methyl sites for hydroxylation is 1. The third kappa shape index (κ3) is 2.24. The van der Waals surface area contributed by atoms with E-state index in [1.54, 1.807) is 6.92 Å². The second-order valence-corrected chi connectivity index (χ2v) is 4.82. The molecule has 0 radical (unpaired) electrons. The van der Waals surface area contributed by atoms with Crippen molar-refractivity contribution >= 4 is 17.6 Å². The van der Waals surface area contributed by atoms with Crippen LogP contribution in [0.15, 0.2) is 12.3 Å². The first kappa shape index (κ1) is 14.0. The monoisotopic (exact) mass is 281 g/mol. The number of aliphatic carboxylic acids is 1. The number of nitrogens with zero attached hydrogens (tertiary/aromatic N) is 2. The van der Waals surface area contributed by atoms with Crippen molar-refractivity contribution in [2.75, 3.05) is 0 Å². The van der Waals surface area contributed by atoms with Crippen LogP contribution in [0.1, 0.15) is 36.7 Å². The number of carboxylic acids is 1. The molecule has 8 nitrogen and oxygen atoms in total. The quantitative estimate of drug-likeness (QED) is 0.620. The predicted molar refractivity (Wildman–Crippen MR) is 68.4 cm³/mol. The molecule has 1 saturated carbocycles. The number of carboxylic acid groups (broad SMARTS) is 1. The number of hydrogen-bond donors (Lipinski definition) is 2. The van der Waals surface area contributed by atoms with Crippen molar-refractivity contribution in [3.63, 3.8) is 0 Å². The van der Waals surface area contributed by atoms with E-state index in [1.165, 1.54) is 10.8 Å². The smallest absolute Gasteiger partial charge is 0.329 e. The molecule has 8 heteroatoms. The van der Waals surface area contributed by atoms with Crippen LogP contribution in [0.4, 0.5) is 5.69 Å². The molecule has 0 unspecified atom stereocenters. The molecule has 1 aromatic heterocycles. The van der Waals surface area contributed by atoms with Crippen LogP contribution in [-0.4, -0.2) is 32.0 Å². The molecule has 2 rings (SSSR count). The number of hydrogen-bond acceptors (Lipinski definition) is 4. The highest BCUT2D eigenvalue weighted by atomic mass is 16.6. The van der Waals surface area contributed by atoms with Crippen molar-refractivity contribution in [3.05, 3.63) is 28.1 Å². The maximum atomic E-state index is 12.2. The van der Waals surface area contributed by atoms with Gasteiger partial charge < -0.3 is 15.0 Å². The summed E-state index contributed by atoms with van der Waals surface area (Å²) in [6.45, 7) is 2.13. The van der Waals surface area contributed by atoms with Crippen molar-refractivity contribution in [2.45, 2.75) is 38.3 Å². The Hall–Kier alpha value is -2.38. The second kappa shape index (κ2) is 4.95. The van der Waals surface area contributed by atoms with Gasteiger partial charge in [-0.15, -0.1) is 0 Å². The Morgan fingerprint density at radius 3 is 2.60 bits per heavy atom. The van der Waals surface area contributed by atoms with Gasteiger partial charge >= 0.3 is 5.97 Å². The first-order valence-electron chi connectivity index (χ1n) is 6.30. The summed E-state index contributed by atoms with van der Waals surface area (Å²) in [6, 6.07) is 1.16. The number of carbonyl (C=O) groups is 2. The highest BCUT2D eigenvalue weighted by Crippen LogP contribution is 2.32. The van der Waals surface area contributed by atoms with E-state index < -0.39 is 22.3 Å². The Balaban J connectivity index is 2.25. The fraction of sp³-hybridized carbons (Fsp3) is 0.500. The Morgan fingerprint density at radius 1 is 1.55 bits per heavy atom. The van der Waals surface area contributed by atoms with Gasteiger partial charge in [0.05, 0.1) is 11.1 Å². The topological polar surface area (TPSA) is 114 Å². The van der Waals surface area contributed by atoms with Crippen LogP contribution in [0, 0.1) is 10.1 Å². The number of aromatic nitrogens is 1. The van der Waals surface area contributed by atoms with E-state index in [-0.39, 0.29) is 11.4 Å². The van der Waals surface area contributed by atoms with Gasteiger partial charge in [-0.05, 0) is 26.2 Å². The average molecular weight is 281 g/mol. The molecule has 0 bridgehead atoms. The maximum Gasteiger partial charge on any atom is 0.329 e. The summed E-state index contributed by atoms with van der Waals surface area (Å²) in [4.78, 5) is 33.5. The van der Waals surface area contributed by atoms with Crippen molar-refractivity contribution < 1.29 is 19.6 Å². The van der Waals surface area contributed by atoms with Gasteiger partial charge in [-0.1, -0.05) is 0 Å². The molecule has 1 heterocycles. The van der Waals surface area contributed by atoms with Gasteiger partial charge in [-0.3, -0.25) is 14.9 Å². The van der Waals surface area contributed by atoms with Crippen molar-refractivity contribution in [1.29, 1.82) is 0 Å². The molecule has 0 spiro atoms. The Morgan fingerprint density at radius 2 is 2.20 bits per heavy atom. The van der Waals surface area contributed by atoms with Gasteiger partial charge in [-0.2, -0.15) is 0 Å². The molecular weight excluding hydrogens is 266 g/mol. The SMILES string of the molecule is CCn1cc([N+](=O)[O-])cc1C(=O)NC1(C(=O)O)CCC1. The molecule has 0 saturated heterocycles. The van der Waals surface area contributed by atoms with Crippen LogP contribution in [0.25, 0.3) is 0 Å². The number of amides is 1. The van der Waals surface area contributed by atoms with Gasteiger partial charge in [0.25, 0.3) is 11.6 Å². The molecule has 20 heavy (non-hydrogen) atoms. The van der Waals surface area contributed by atoms with E-state index in [1.807, 2.05) is 0 Å². The summed E-state index contributed by atoms with van der Waals surface area (Å²) in [5.74, 6) is -1.66. The third-order valence-corrected chi connectivity index (χ3v) is 3.64. The van der Waals surface area contributed by atoms with Crippen LogP contribution in [0.3, 0.4) is 0 Å². The van der Waals surface area contributed by atoms with E-state index in [0.717, 1.165) is 12.5 Å². The lowest BCUT2D eigenvalue weighted by atomic mass is 9.76. The van der Waals surface area contributed by atoms with Gasteiger partial charge in [0.1, 0.15) is 11.2 Å². The second-order valence-electron chi connectivity index (χ2n) is 4.82. The van der Waals surface area contributed by atoms with Gasteiger partial charge in [0.2, 0.25) is 0 Å². The van der Waals surface area contributed by atoms with Gasteiger partial charge in [-0.25, -0.2) is 4.79 Å². The normalized spacial score (nSPS) is 16.2. The minimum Gasteiger partial charge on any atom is -0.480 e. The van der Waals surface area contributed by atoms with E-state index in [4.69, 9.17) is 5.11 Å². The minimum absolute atomic E-state index is 0.103. The average Bonchev–Trinajstić information content (AvgIpc) is 2.77. The summed E-state index contributed by atoms with van der Waals surface area (Å²) in [5.41, 5.74) is -1.31. The van der Waals surface area contributed by atoms with Crippen LogP contribution < -0.4 is 5.32 Å². The molecule has 0 aliphatic heterocycles. The minimum atomic E-state index is -1.23. The lowest BCUT2D eigenvalue weighted by Gasteiger charge is -2.38. The van der Waals surface area contributed by atoms with Crippen LogP contribution in [0.5, 0.6) is 0 Å². The number of rotatable bonds is 5. The first-order valence-corrected chi connectivity index (χ1v) is 6.30. The highest BCUT2D eigenvalue weighted by molar-refractivity contribution is 5.97. The molecule has 1 aliphatic rings. The predicted octanol–water partition coefficient (Wildman–Crippen LogP) is 1.15. The van der Waals surface area contributed by atoms with E-state index in [2.05, 4.69) is 5.32 Å². The fourth-order valence-corrected chi connectivity index (χ4v) is 2.25. The van der Waals surface area contributed by atoms with E-state index in [0.29, 0.717) is 19.4 Å². The molecule has 0 aromatic carbocycles. The number of carbonyl (C=O) groups excluding carboxylic acids is 1. The summed E-state index contributed by atoms with van der Waals surface area (Å²) in [6.07, 6.45) is 2.76. The maximum absolute atomic E-state index is 12.2. The molecule has 1 fully saturated rings. The largest absolute Gasteiger partial charge is 0.480 e. The molecule has 108 valence electrons. The van der Waals surface area contributed by atoms with Crippen LogP contribution in [0.2, 0.25) is 0 Å². The van der Waals surface area contributed by atoms with Crippen molar-refractivity contribution in [1.82, 2.24) is 9.88 Å². The molecular formula is C12H15N3O5. The van der Waals surface area contributed by atoms with Crippen molar-refractivity contribution in [3.8, 4) is 0 Å². The Labute approximate surface area is 114 Å². The Kier molecular flexibility index (Phi) is 3.47. The number of nitrogens with one attached hydrogen (secondary N) is 1. The number of nitro groups is 1. The van der Waals surface area contributed by atoms with E-state index in [9.17, 15) is 19.7 Å². The van der Waals surface area contributed by atoms with Crippen molar-refractivity contribution in [2.24, 2.45) is 0 Å².